The fourth-order valence-electron chi connectivity index (χ4n) is 3.29. The molecular formula is C12H23N. The van der Waals surface area contributed by atoms with Gasteiger partial charge in [-0.25, -0.2) is 0 Å². The van der Waals surface area contributed by atoms with Crippen molar-refractivity contribution in [3.05, 3.63) is 0 Å². The average Bonchev–Trinajstić information content (AvgIpc) is 2.15. The summed E-state index contributed by atoms with van der Waals surface area (Å²) in [7, 11) is 0. The molecule has 2 aliphatic rings. The molecule has 1 atom stereocenters. The Labute approximate surface area is 82.5 Å². The minimum atomic E-state index is 0.829. The van der Waals surface area contributed by atoms with Crippen LogP contribution in [0.4, 0.5) is 0 Å². The summed E-state index contributed by atoms with van der Waals surface area (Å²) in [6, 6.07) is 2.72. The Morgan fingerprint density at radius 3 is 1.92 bits per heavy atom. The van der Waals surface area contributed by atoms with Gasteiger partial charge in [0.2, 0.25) is 0 Å². The summed E-state index contributed by atoms with van der Waals surface area (Å²) in [4.78, 5) is 2.84. The highest BCUT2D eigenvalue weighted by atomic mass is 15.2. The lowest BCUT2D eigenvalue weighted by atomic mass is 9.83. The van der Waals surface area contributed by atoms with E-state index in [0.29, 0.717) is 0 Å². The number of fused-ring (bicyclic) bond motifs is 2. The second-order valence-corrected chi connectivity index (χ2v) is 4.87. The summed E-state index contributed by atoms with van der Waals surface area (Å²) < 4.78 is 0. The molecule has 0 spiro atoms. The molecule has 76 valence electrons. The molecular weight excluding hydrogens is 158 g/mol. The van der Waals surface area contributed by atoms with Gasteiger partial charge in [0.1, 0.15) is 0 Å². The van der Waals surface area contributed by atoms with Gasteiger partial charge in [-0.3, -0.25) is 4.90 Å². The highest BCUT2D eigenvalue weighted by Crippen LogP contribution is 2.35. The van der Waals surface area contributed by atoms with Gasteiger partial charge >= 0.3 is 0 Å². The van der Waals surface area contributed by atoms with E-state index in [4.69, 9.17) is 0 Å². The molecule has 13 heavy (non-hydrogen) atoms. The van der Waals surface area contributed by atoms with Gasteiger partial charge in [-0.15, -0.1) is 0 Å². The van der Waals surface area contributed by atoms with Crippen LogP contribution in [0.15, 0.2) is 0 Å². The van der Waals surface area contributed by atoms with Crippen LogP contribution in [0.25, 0.3) is 0 Å². The Morgan fingerprint density at radius 1 is 1.08 bits per heavy atom. The molecule has 2 bridgehead atoms. The molecule has 0 amide bonds. The van der Waals surface area contributed by atoms with Gasteiger partial charge in [0.05, 0.1) is 0 Å². The molecule has 2 aliphatic heterocycles. The lowest BCUT2D eigenvalue weighted by Crippen LogP contribution is -2.53. The summed E-state index contributed by atoms with van der Waals surface area (Å²) in [5.41, 5.74) is 0. The van der Waals surface area contributed by atoms with E-state index in [-0.39, 0.29) is 0 Å². The van der Waals surface area contributed by atoms with E-state index in [1.165, 1.54) is 44.9 Å². The van der Waals surface area contributed by atoms with Gasteiger partial charge in [0.25, 0.3) is 0 Å². The van der Waals surface area contributed by atoms with E-state index in [9.17, 15) is 0 Å². The van der Waals surface area contributed by atoms with Crippen LogP contribution in [0.5, 0.6) is 0 Å². The molecule has 1 nitrogen and oxygen atoms in total. The maximum Gasteiger partial charge on any atom is 0.0101 e. The first kappa shape index (κ1) is 9.51. The first-order valence-electron chi connectivity index (χ1n) is 6.10. The van der Waals surface area contributed by atoms with Gasteiger partial charge in [0.15, 0.2) is 0 Å². The van der Waals surface area contributed by atoms with Crippen molar-refractivity contribution in [2.75, 3.05) is 0 Å². The Balaban J connectivity index is 2.06. The fourth-order valence-corrected chi connectivity index (χ4v) is 3.29. The standard InChI is InChI=1S/C12H23N/c1-3-10(2)13-11-6-4-7-12(13)9-5-8-11/h10-12H,3-9H2,1-2H3. The van der Waals surface area contributed by atoms with Crippen LogP contribution in [0.1, 0.15) is 58.8 Å². The molecule has 0 saturated carbocycles. The van der Waals surface area contributed by atoms with Crippen LogP contribution in [-0.4, -0.2) is 23.0 Å². The number of piperidine rings is 2. The Bertz CT molecular complexity index is 145. The molecule has 2 saturated heterocycles. The molecule has 1 heteroatoms. The zero-order chi connectivity index (χ0) is 9.26. The molecule has 2 fully saturated rings. The van der Waals surface area contributed by atoms with Crippen molar-refractivity contribution < 1.29 is 0 Å². The van der Waals surface area contributed by atoms with E-state index >= 15 is 0 Å². The number of nitrogens with zero attached hydrogens (tertiary/aromatic N) is 1. The predicted molar refractivity (Wildman–Crippen MR) is 56.9 cm³/mol. The zero-order valence-electron chi connectivity index (χ0n) is 9.13. The van der Waals surface area contributed by atoms with Gasteiger partial charge in [-0.1, -0.05) is 19.8 Å². The molecule has 0 aliphatic carbocycles. The topological polar surface area (TPSA) is 3.24 Å². The first-order chi connectivity index (χ1) is 6.33. The summed E-state index contributed by atoms with van der Waals surface area (Å²) >= 11 is 0. The molecule has 2 rings (SSSR count). The molecule has 0 aromatic carbocycles. The van der Waals surface area contributed by atoms with Crippen molar-refractivity contribution >= 4 is 0 Å². The molecule has 0 radical (unpaired) electrons. The maximum atomic E-state index is 2.84. The maximum absolute atomic E-state index is 2.84. The van der Waals surface area contributed by atoms with Crippen molar-refractivity contribution in [2.45, 2.75) is 76.9 Å². The minimum absolute atomic E-state index is 0.829. The van der Waals surface area contributed by atoms with E-state index in [2.05, 4.69) is 18.7 Å². The normalized spacial score (nSPS) is 37.4. The third-order valence-electron chi connectivity index (χ3n) is 4.09. The van der Waals surface area contributed by atoms with Crippen LogP contribution in [0, 0.1) is 0 Å². The summed E-state index contributed by atoms with van der Waals surface area (Å²) in [5.74, 6) is 0. The van der Waals surface area contributed by atoms with Crippen LogP contribution < -0.4 is 0 Å². The number of hydrogen-bond donors (Lipinski definition) is 0. The van der Waals surface area contributed by atoms with Gasteiger partial charge in [-0.05, 0) is 39.0 Å². The Kier molecular flexibility index (Phi) is 2.92. The van der Waals surface area contributed by atoms with Gasteiger partial charge < -0.3 is 0 Å². The smallest absolute Gasteiger partial charge is 0.0101 e. The van der Waals surface area contributed by atoms with Crippen LogP contribution in [-0.2, 0) is 0 Å². The van der Waals surface area contributed by atoms with E-state index in [1.54, 1.807) is 0 Å². The van der Waals surface area contributed by atoms with Crippen molar-refractivity contribution in [2.24, 2.45) is 0 Å². The SMILES string of the molecule is CCC(C)N1C2CCCC1CCC2. The quantitative estimate of drug-likeness (QED) is 0.632. The van der Waals surface area contributed by atoms with Crippen LogP contribution in [0.2, 0.25) is 0 Å². The largest absolute Gasteiger partial charge is 0.295 e. The molecule has 0 aromatic rings. The van der Waals surface area contributed by atoms with Crippen molar-refractivity contribution in [3.63, 3.8) is 0 Å². The van der Waals surface area contributed by atoms with Crippen molar-refractivity contribution in [3.8, 4) is 0 Å². The van der Waals surface area contributed by atoms with Crippen LogP contribution >= 0.6 is 0 Å². The monoisotopic (exact) mass is 181 g/mol. The van der Waals surface area contributed by atoms with Crippen LogP contribution in [0.3, 0.4) is 0 Å². The summed E-state index contributed by atoms with van der Waals surface area (Å²) in [5, 5.41) is 0. The van der Waals surface area contributed by atoms with E-state index in [0.717, 1.165) is 18.1 Å². The molecule has 2 heterocycles. The zero-order valence-corrected chi connectivity index (χ0v) is 9.13. The lowest BCUT2D eigenvalue weighted by molar-refractivity contribution is 0.00673. The fraction of sp³-hybridized carbons (Fsp3) is 1.00. The minimum Gasteiger partial charge on any atom is -0.295 e. The Hall–Kier alpha value is -0.0400. The molecule has 0 aromatic heterocycles. The third-order valence-corrected chi connectivity index (χ3v) is 4.09. The molecule has 0 N–H and O–H groups in total. The second kappa shape index (κ2) is 4.00. The highest BCUT2D eigenvalue weighted by molar-refractivity contribution is 4.91. The highest BCUT2D eigenvalue weighted by Gasteiger charge is 2.35. The van der Waals surface area contributed by atoms with Gasteiger partial charge in [0, 0.05) is 18.1 Å². The number of hydrogen-bond acceptors (Lipinski definition) is 1. The summed E-state index contributed by atoms with van der Waals surface area (Å²) in [6.45, 7) is 4.74. The van der Waals surface area contributed by atoms with E-state index in [1.807, 2.05) is 0 Å². The van der Waals surface area contributed by atoms with Crippen molar-refractivity contribution in [1.29, 1.82) is 0 Å². The second-order valence-electron chi connectivity index (χ2n) is 4.87. The number of rotatable bonds is 2. The summed E-state index contributed by atoms with van der Waals surface area (Å²) in [6.07, 6.45) is 10.2. The average molecular weight is 181 g/mol. The molecule has 1 unspecified atom stereocenters. The first-order valence-corrected chi connectivity index (χ1v) is 6.10. The third kappa shape index (κ3) is 1.76. The lowest BCUT2D eigenvalue weighted by Gasteiger charge is -2.49. The Morgan fingerprint density at radius 2 is 1.54 bits per heavy atom. The van der Waals surface area contributed by atoms with Crippen molar-refractivity contribution in [1.82, 2.24) is 4.90 Å². The van der Waals surface area contributed by atoms with Gasteiger partial charge in [-0.2, -0.15) is 0 Å². The predicted octanol–water partition coefficient (Wildman–Crippen LogP) is 3.19. The van der Waals surface area contributed by atoms with E-state index < -0.39 is 0 Å².